The molecule has 16 nitrogen and oxygen atoms in total. The van der Waals surface area contributed by atoms with Crippen molar-refractivity contribution >= 4 is 11.9 Å². The fourth-order valence-electron chi connectivity index (χ4n) is 8.43. The average Bonchev–Trinajstić information content (AvgIpc) is 3.60. The van der Waals surface area contributed by atoms with Crippen LogP contribution in [0.4, 0.5) is 0 Å². The minimum absolute atomic E-state index is 0.000410. The highest BCUT2D eigenvalue weighted by molar-refractivity contribution is 5.91. The van der Waals surface area contributed by atoms with Crippen LogP contribution in [0.5, 0.6) is 0 Å². The first kappa shape index (κ1) is 35.3. The summed E-state index contributed by atoms with van der Waals surface area (Å²) < 4.78 is 39.3. The van der Waals surface area contributed by atoms with Crippen LogP contribution in [-0.2, 0) is 38.0 Å². The van der Waals surface area contributed by atoms with E-state index in [4.69, 9.17) is 32.8 Å². The smallest absolute Gasteiger partial charge is 0.334 e. The Balaban J connectivity index is 1.29. The zero-order valence-corrected chi connectivity index (χ0v) is 26.7. The number of esters is 2. The van der Waals surface area contributed by atoms with Crippen LogP contribution in [0.25, 0.3) is 0 Å². The largest absolute Gasteiger partial charge is 0.472 e. The number of aliphatic hydroxyl groups excluding tert-OH is 7. The monoisotopic (exact) mass is 684 g/mol. The van der Waals surface area contributed by atoms with Crippen molar-refractivity contribution in [2.24, 2.45) is 22.7 Å². The Morgan fingerprint density at radius 3 is 2.40 bits per heavy atom. The van der Waals surface area contributed by atoms with Crippen molar-refractivity contribution in [2.75, 3.05) is 20.3 Å². The molecule has 268 valence electrons. The van der Waals surface area contributed by atoms with Gasteiger partial charge in [0.15, 0.2) is 12.6 Å². The molecular formula is C32H44O16. The van der Waals surface area contributed by atoms with E-state index in [9.17, 15) is 45.3 Å². The Bertz CT molecular complexity index is 1350. The van der Waals surface area contributed by atoms with E-state index < -0.39 is 115 Å². The standard InChI is InChI=1S/C32H44O16/c1-31-9-18(13-4-5-43-10-13)46-28(41)15(31)8-21(32(2)16(27(40)42-3)6-14(33)7-20(31)32)48-30-26(39)24(37)23(36)19(47-30)12-45-29-25(38)22(35)17(34)11-44-29/h4-6,10,14-15,17-26,29-30,33-39H,7-9,11-12H2,1-3H3/t14-,15+,17+,18-,19+,20-,21+,22-,23+,24-,25+,26+,29+,30-,31+,32-/m0/s1. The maximum Gasteiger partial charge on any atom is 0.334 e. The molecule has 1 saturated carbocycles. The van der Waals surface area contributed by atoms with E-state index in [0.29, 0.717) is 12.0 Å². The van der Waals surface area contributed by atoms with Crippen LogP contribution >= 0.6 is 0 Å². The number of hydrogen-bond donors (Lipinski definition) is 7. The van der Waals surface area contributed by atoms with Crippen LogP contribution in [-0.4, -0.2) is 136 Å². The minimum atomic E-state index is -1.79. The van der Waals surface area contributed by atoms with Gasteiger partial charge in [-0.1, -0.05) is 13.8 Å². The lowest BCUT2D eigenvalue weighted by atomic mass is 9.44. The van der Waals surface area contributed by atoms with Gasteiger partial charge in [-0.25, -0.2) is 4.79 Å². The summed E-state index contributed by atoms with van der Waals surface area (Å²) in [7, 11) is 1.21. The Morgan fingerprint density at radius 2 is 1.71 bits per heavy atom. The topological polar surface area (TPSA) is 244 Å². The molecule has 16 heteroatoms. The highest BCUT2D eigenvalue weighted by atomic mass is 16.7. The van der Waals surface area contributed by atoms with E-state index in [0.717, 1.165) is 0 Å². The SMILES string of the molecule is COC(=O)C1=C[C@H](O)C[C@H]2[C@]3(C)C[C@@H](c4ccoc4)OC(=O)[C@H]3C[C@@H](O[C@@H]3O[C@H](CO[C@H]4OC[C@@H](O)[C@H](O)[C@H]4O)[C@@H](O)[C@H](O)[C@H]3O)[C@@]12C. The van der Waals surface area contributed by atoms with Crippen molar-refractivity contribution in [3.63, 3.8) is 0 Å². The third kappa shape index (κ3) is 5.90. The first-order chi connectivity index (χ1) is 22.7. The lowest BCUT2D eigenvalue weighted by Crippen LogP contribution is -2.66. The first-order valence-electron chi connectivity index (χ1n) is 16.0. The highest BCUT2D eigenvalue weighted by Crippen LogP contribution is 2.65. The van der Waals surface area contributed by atoms with Crippen LogP contribution in [0, 0.1) is 22.7 Å². The third-order valence-electron chi connectivity index (χ3n) is 11.2. The van der Waals surface area contributed by atoms with Crippen molar-refractivity contribution in [1.29, 1.82) is 0 Å². The number of carbonyl (C=O) groups is 2. The van der Waals surface area contributed by atoms with Gasteiger partial charge in [0.25, 0.3) is 0 Å². The number of methoxy groups -OCH3 is 1. The summed E-state index contributed by atoms with van der Waals surface area (Å²) in [5.74, 6) is -2.56. The van der Waals surface area contributed by atoms with E-state index >= 15 is 0 Å². The number of ether oxygens (including phenoxy) is 6. The van der Waals surface area contributed by atoms with Crippen LogP contribution in [0.15, 0.2) is 34.7 Å². The molecule has 3 aliphatic heterocycles. The third-order valence-corrected chi connectivity index (χ3v) is 11.2. The molecule has 2 aliphatic carbocycles. The molecule has 0 bridgehead atoms. The van der Waals surface area contributed by atoms with Crippen molar-refractivity contribution in [2.45, 2.75) is 107 Å². The van der Waals surface area contributed by atoms with Gasteiger partial charge in [0, 0.05) is 16.6 Å². The summed E-state index contributed by atoms with van der Waals surface area (Å²) >= 11 is 0. The molecule has 0 radical (unpaired) electrons. The second kappa shape index (κ2) is 13.3. The van der Waals surface area contributed by atoms with E-state index in [1.165, 1.54) is 25.7 Å². The van der Waals surface area contributed by atoms with Gasteiger partial charge in [-0.3, -0.25) is 4.79 Å². The number of fused-ring (bicyclic) bond motifs is 3. The maximum absolute atomic E-state index is 13.7. The Labute approximate surface area is 275 Å². The molecule has 1 aromatic rings. The van der Waals surface area contributed by atoms with E-state index in [1.54, 1.807) is 13.0 Å². The summed E-state index contributed by atoms with van der Waals surface area (Å²) in [5.41, 5.74) is -1.26. The van der Waals surface area contributed by atoms with E-state index in [-0.39, 0.29) is 25.0 Å². The second-order valence-corrected chi connectivity index (χ2v) is 13.9. The zero-order valence-electron chi connectivity index (χ0n) is 26.7. The van der Waals surface area contributed by atoms with Crippen molar-refractivity contribution in [1.82, 2.24) is 0 Å². The molecule has 4 fully saturated rings. The molecule has 0 spiro atoms. The van der Waals surface area contributed by atoms with Gasteiger partial charge in [0.1, 0.15) is 48.8 Å². The number of cyclic esters (lactones) is 1. The molecule has 3 saturated heterocycles. The number of carbonyl (C=O) groups excluding carboxylic acids is 2. The second-order valence-electron chi connectivity index (χ2n) is 13.9. The number of rotatable bonds is 7. The molecule has 0 aromatic carbocycles. The molecule has 7 N–H and O–H groups in total. The normalized spacial score (nSPS) is 47.7. The summed E-state index contributed by atoms with van der Waals surface area (Å²) in [6.07, 6.45) is -12.0. The van der Waals surface area contributed by atoms with Crippen LogP contribution in [0.2, 0.25) is 0 Å². The van der Waals surface area contributed by atoms with Gasteiger partial charge in [0.2, 0.25) is 0 Å². The van der Waals surface area contributed by atoms with Gasteiger partial charge in [-0.2, -0.15) is 0 Å². The summed E-state index contributed by atoms with van der Waals surface area (Å²) in [6.45, 7) is 2.87. The van der Waals surface area contributed by atoms with E-state index in [2.05, 4.69) is 0 Å². The molecular weight excluding hydrogens is 640 g/mol. The fraction of sp³-hybridized carbons (Fsp3) is 0.750. The maximum atomic E-state index is 13.7. The summed E-state index contributed by atoms with van der Waals surface area (Å²) in [4.78, 5) is 27.0. The average molecular weight is 685 g/mol. The van der Waals surface area contributed by atoms with Gasteiger partial charge < -0.3 is 68.6 Å². The molecule has 1 aromatic heterocycles. The lowest BCUT2D eigenvalue weighted by Gasteiger charge is -2.62. The molecule has 6 rings (SSSR count). The van der Waals surface area contributed by atoms with Crippen LogP contribution in [0.1, 0.15) is 44.8 Å². The summed E-state index contributed by atoms with van der Waals surface area (Å²) in [5, 5.41) is 73.5. The zero-order chi connectivity index (χ0) is 34.7. The molecule has 48 heavy (non-hydrogen) atoms. The van der Waals surface area contributed by atoms with Gasteiger partial charge >= 0.3 is 11.9 Å². The van der Waals surface area contributed by atoms with Gasteiger partial charge in [-0.15, -0.1) is 0 Å². The molecule has 16 atom stereocenters. The highest BCUT2D eigenvalue weighted by Gasteiger charge is 2.67. The van der Waals surface area contributed by atoms with Crippen molar-refractivity contribution in [3.05, 3.63) is 35.8 Å². The fourth-order valence-corrected chi connectivity index (χ4v) is 8.43. The molecule has 5 aliphatic rings. The Morgan fingerprint density at radius 1 is 0.979 bits per heavy atom. The van der Waals surface area contributed by atoms with Crippen molar-refractivity contribution in [3.8, 4) is 0 Å². The molecule has 0 unspecified atom stereocenters. The first-order valence-corrected chi connectivity index (χ1v) is 16.0. The number of hydrogen-bond acceptors (Lipinski definition) is 16. The number of furan rings is 1. The van der Waals surface area contributed by atoms with Crippen molar-refractivity contribution < 1.29 is 78.2 Å². The predicted molar refractivity (Wildman–Crippen MR) is 156 cm³/mol. The van der Waals surface area contributed by atoms with Crippen LogP contribution < -0.4 is 0 Å². The quantitative estimate of drug-likeness (QED) is 0.160. The predicted octanol–water partition coefficient (Wildman–Crippen LogP) is -1.57. The van der Waals surface area contributed by atoms with Gasteiger partial charge in [0.05, 0.1) is 51.0 Å². The lowest BCUT2D eigenvalue weighted by molar-refractivity contribution is -0.340. The van der Waals surface area contributed by atoms with Gasteiger partial charge in [-0.05, 0) is 42.7 Å². The van der Waals surface area contributed by atoms with E-state index in [1.807, 2.05) is 6.92 Å². The minimum Gasteiger partial charge on any atom is -0.472 e. The molecule has 0 amide bonds. The Hall–Kier alpha value is -2.48. The number of aliphatic hydroxyl groups is 7. The molecule has 4 heterocycles. The van der Waals surface area contributed by atoms with Crippen LogP contribution in [0.3, 0.4) is 0 Å². The Kier molecular flexibility index (Phi) is 9.82. The summed E-state index contributed by atoms with van der Waals surface area (Å²) in [6, 6.07) is 1.71.